The highest BCUT2D eigenvalue weighted by Crippen LogP contribution is 2.24. The van der Waals surface area contributed by atoms with Crippen molar-refractivity contribution in [1.82, 2.24) is 9.80 Å². The van der Waals surface area contributed by atoms with Crippen LogP contribution in [0.25, 0.3) is 0 Å². The molecule has 3 unspecified atom stereocenters. The molecule has 1 saturated carbocycles. The zero-order valence-corrected chi connectivity index (χ0v) is 12.1. The molecule has 1 saturated heterocycles. The van der Waals surface area contributed by atoms with Crippen molar-refractivity contribution >= 4 is 0 Å². The van der Waals surface area contributed by atoms with Gasteiger partial charge in [0.05, 0.1) is 6.10 Å². The van der Waals surface area contributed by atoms with Gasteiger partial charge in [-0.2, -0.15) is 0 Å². The number of rotatable bonds is 4. The lowest BCUT2D eigenvalue weighted by Gasteiger charge is -2.28. The summed E-state index contributed by atoms with van der Waals surface area (Å²) in [4.78, 5) is 4.89. The fraction of sp³-hybridized carbons (Fsp3) is 1.00. The van der Waals surface area contributed by atoms with Crippen molar-refractivity contribution in [3.05, 3.63) is 0 Å². The standard InChI is InChI=1S/C15H30N2O/c1-16-9-8-13(10-16)11-17(2)12-14-6-4-3-5-7-15(14)18/h13-15,18H,3-12H2,1-2H3. The van der Waals surface area contributed by atoms with Crippen LogP contribution >= 0.6 is 0 Å². The minimum atomic E-state index is -0.0544. The van der Waals surface area contributed by atoms with Crippen LogP contribution in [0.3, 0.4) is 0 Å². The Morgan fingerprint density at radius 2 is 1.89 bits per heavy atom. The number of aliphatic hydroxyl groups excluding tert-OH is 1. The normalized spacial score (nSPS) is 35.0. The van der Waals surface area contributed by atoms with Crippen LogP contribution in [-0.2, 0) is 0 Å². The van der Waals surface area contributed by atoms with Gasteiger partial charge in [-0.15, -0.1) is 0 Å². The predicted octanol–water partition coefficient (Wildman–Crippen LogP) is 1.81. The molecule has 0 aromatic heterocycles. The van der Waals surface area contributed by atoms with Crippen LogP contribution in [0.15, 0.2) is 0 Å². The van der Waals surface area contributed by atoms with Crippen LogP contribution in [-0.4, -0.2) is 61.3 Å². The minimum Gasteiger partial charge on any atom is -0.393 e. The van der Waals surface area contributed by atoms with Crippen LogP contribution in [0.2, 0.25) is 0 Å². The molecule has 1 heterocycles. The third kappa shape index (κ3) is 4.22. The maximum absolute atomic E-state index is 10.2. The zero-order chi connectivity index (χ0) is 13.0. The molecule has 0 aromatic carbocycles. The Morgan fingerprint density at radius 1 is 1.11 bits per heavy atom. The highest BCUT2D eigenvalue weighted by atomic mass is 16.3. The summed E-state index contributed by atoms with van der Waals surface area (Å²) in [7, 11) is 4.45. The molecule has 0 bridgehead atoms. The number of hydrogen-bond donors (Lipinski definition) is 1. The van der Waals surface area contributed by atoms with Crippen LogP contribution < -0.4 is 0 Å². The number of likely N-dealkylation sites (tertiary alicyclic amines) is 1. The van der Waals surface area contributed by atoms with E-state index in [0.717, 1.165) is 18.9 Å². The fourth-order valence-corrected chi connectivity index (χ4v) is 3.67. The van der Waals surface area contributed by atoms with E-state index in [1.807, 2.05) is 0 Å². The number of hydrogen-bond acceptors (Lipinski definition) is 3. The van der Waals surface area contributed by atoms with E-state index in [-0.39, 0.29) is 6.10 Å². The Balaban J connectivity index is 1.73. The molecule has 3 nitrogen and oxygen atoms in total. The third-order valence-corrected chi connectivity index (χ3v) is 4.72. The molecular weight excluding hydrogens is 224 g/mol. The molecular formula is C15H30N2O. The minimum absolute atomic E-state index is 0.0544. The first-order chi connectivity index (χ1) is 8.65. The third-order valence-electron chi connectivity index (χ3n) is 4.72. The van der Waals surface area contributed by atoms with Crippen molar-refractivity contribution in [2.24, 2.45) is 11.8 Å². The van der Waals surface area contributed by atoms with Gasteiger partial charge < -0.3 is 14.9 Å². The van der Waals surface area contributed by atoms with Gasteiger partial charge >= 0.3 is 0 Å². The van der Waals surface area contributed by atoms with Gasteiger partial charge in [0.2, 0.25) is 0 Å². The second-order valence-electron chi connectivity index (χ2n) is 6.60. The van der Waals surface area contributed by atoms with Gasteiger partial charge in [-0.25, -0.2) is 0 Å². The van der Waals surface area contributed by atoms with Gasteiger partial charge in [-0.3, -0.25) is 0 Å². The summed E-state index contributed by atoms with van der Waals surface area (Å²) in [6.07, 6.45) is 7.36. The Kier molecular flexibility index (Phi) is 5.46. The van der Waals surface area contributed by atoms with Crippen LogP contribution in [0.5, 0.6) is 0 Å². The van der Waals surface area contributed by atoms with Gasteiger partial charge in [0.15, 0.2) is 0 Å². The number of nitrogens with zero attached hydrogens (tertiary/aromatic N) is 2. The Morgan fingerprint density at radius 3 is 2.61 bits per heavy atom. The molecule has 1 aliphatic heterocycles. The molecule has 0 amide bonds. The molecule has 0 aromatic rings. The molecule has 0 spiro atoms. The Bertz CT molecular complexity index is 247. The smallest absolute Gasteiger partial charge is 0.0580 e. The molecule has 1 N–H and O–H groups in total. The molecule has 106 valence electrons. The predicted molar refractivity (Wildman–Crippen MR) is 75.7 cm³/mol. The second-order valence-corrected chi connectivity index (χ2v) is 6.60. The van der Waals surface area contributed by atoms with E-state index in [4.69, 9.17) is 0 Å². The molecule has 0 radical (unpaired) electrons. The zero-order valence-electron chi connectivity index (χ0n) is 12.1. The van der Waals surface area contributed by atoms with Crippen LogP contribution in [0.4, 0.5) is 0 Å². The van der Waals surface area contributed by atoms with Gasteiger partial charge in [-0.1, -0.05) is 19.3 Å². The molecule has 2 fully saturated rings. The van der Waals surface area contributed by atoms with Crippen molar-refractivity contribution in [3.63, 3.8) is 0 Å². The second kappa shape index (κ2) is 6.88. The Labute approximate surface area is 112 Å². The SMILES string of the molecule is CN1CCC(CN(C)CC2CCCCCC2O)C1. The summed E-state index contributed by atoms with van der Waals surface area (Å²) < 4.78 is 0. The average Bonchev–Trinajstić information content (AvgIpc) is 2.61. The summed E-state index contributed by atoms with van der Waals surface area (Å²) in [5, 5.41) is 10.2. The van der Waals surface area contributed by atoms with E-state index in [9.17, 15) is 5.11 Å². The summed E-state index contributed by atoms with van der Waals surface area (Å²) in [5.41, 5.74) is 0. The summed E-state index contributed by atoms with van der Waals surface area (Å²) in [5.74, 6) is 1.35. The number of aliphatic hydroxyl groups is 1. The van der Waals surface area contributed by atoms with E-state index >= 15 is 0 Å². The van der Waals surface area contributed by atoms with Gasteiger partial charge in [0.1, 0.15) is 0 Å². The molecule has 1 aliphatic carbocycles. The molecule has 2 aliphatic rings. The molecule has 18 heavy (non-hydrogen) atoms. The fourth-order valence-electron chi connectivity index (χ4n) is 3.67. The van der Waals surface area contributed by atoms with E-state index in [0.29, 0.717) is 5.92 Å². The Hall–Kier alpha value is -0.120. The van der Waals surface area contributed by atoms with Gasteiger partial charge in [0, 0.05) is 19.6 Å². The van der Waals surface area contributed by atoms with Crippen LogP contribution in [0.1, 0.15) is 38.5 Å². The quantitative estimate of drug-likeness (QED) is 0.775. The van der Waals surface area contributed by atoms with Crippen molar-refractivity contribution in [1.29, 1.82) is 0 Å². The average molecular weight is 254 g/mol. The lowest BCUT2D eigenvalue weighted by atomic mass is 9.96. The lowest BCUT2D eigenvalue weighted by molar-refractivity contribution is 0.0763. The van der Waals surface area contributed by atoms with Crippen molar-refractivity contribution < 1.29 is 5.11 Å². The van der Waals surface area contributed by atoms with Crippen LogP contribution in [0, 0.1) is 11.8 Å². The largest absolute Gasteiger partial charge is 0.393 e. The summed E-state index contributed by atoms with van der Waals surface area (Å²) >= 11 is 0. The van der Waals surface area contributed by atoms with Gasteiger partial charge in [-0.05, 0) is 51.7 Å². The first kappa shape index (κ1) is 14.3. The molecule has 2 rings (SSSR count). The monoisotopic (exact) mass is 254 g/mol. The lowest BCUT2D eigenvalue weighted by Crippen LogP contribution is -2.35. The summed E-state index contributed by atoms with van der Waals surface area (Å²) in [6.45, 7) is 4.79. The topological polar surface area (TPSA) is 26.7 Å². The van der Waals surface area contributed by atoms with E-state index in [2.05, 4.69) is 23.9 Å². The summed E-state index contributed by atoms with van der Waals surface area (Å²) in [6, 6.07) is 0. The van der Waals surface area contributed by atoms with Gasteiger partial charge in [0.25, 0.3) is 0 Å². The van der Waals surface area contributed by atoms with Crippen molar-refractivity contribution in [2.45, 2.75) is 44.6 Å². The first-order valence-electron chi connectivity index (χ1n) is 7.70. The first-order valence-corrected chi connectivity index (χ1v) is 7.70. The molecule has 3 atom stereocenters. The highest BCUT2D eigenvalue weighted by Gasteiger charge is 2.25. The maximum Gasteiger partial charge on any atom is 0.0580 e. The molecule has 3 heteroatoms. The van der Waals surface area contributed by atoms with Crippen molar-refractivity contribution in [2.75, 3.05) is 40.3 Å². The van der Waals surface area contributed by atoms with E-state index in [1.54, 1.807) is 0 Å². The van der Waals surface area contributed by atoms with Crippen molar-refractivity contribution in [3.8, 4) is 0 Å². The van der Waals surface area contributed by atoms with E-state index in [1.165, 1.54) is 51.7 Å². The maximum atomic E-state index is 10.2. The highest BCUT2D eigenvalue weighted by molar-refractivity contribution is 4.79. The van der Waals surface area contributed by atoms with E-state index < -0.39 is 0 Å².